The lowest BCUT2D eigenvalue weighted by Gasteiger charge is -2.09. The van der Waals surface area contributed by atoms with E-state index in [1.165, 1.54) is 16.8 Å². The van der Waals surface area contributed by atoms with Gasteiger partial charge in [0.1, 0.15) is 17.4 Å². The molecule has 0 aliphatic carbocycles. The molecule has 0 atom stereocenters. The smallest absolute Gasteiger partial charge is 0.273 e. The molecule has 142 valence electrons. The van der Waals surface area contributed by atoms with Crippen molar-refractivity contribution in [1.82, 2.24) is 20.3 Å². The van der Waals surface area contributed by atoms with Crippen molar-refractivity contribution in [2.24, 2.45) is 0 Å². The second-order valence-corrected chi connectivity index (χ2v) is 6.31. The van der Waals surface area contributed by atoms with E-state index in [4.69, 9.17) is 16.9 Å². The van der Waals surface area contributed by atoms with E-state index in [0.717, 1.165) is 0 Å². The third-order valence-electron chi connectivity index (χ3n) is 4.01. The first kappa shape index (κ1) is 19.3. The third kappa shape index (κ3) is 4.10. The molecule has 1 amide bonds. The summed E-state index contributed by atoms with van der Waals surface area (Å²) < 4.78 is 15.1. The van der Waals surface area contributed by atoms with E-state index >= 15 is 0 Å². The van der Waals surface area contributed by atoms with Gasteiger partial charge in [0.05, 0.1) is 17.1 Å². The van der Waals surface area contributed by atoms with Crippen molar-refractivity contribution in [3.63, 3.8) is 0 Å². The summed E-state index contributed by atoms with van der Waals surface area (Å²) in [6, 6.07) is 13.2. The standard InChI is InChI=1S/C19H16ClFN6O/c1-12-18(25-26-27(12)14-5-2-4-13(20)10-14)19(28)24-9-8-23-17-7-3-6-16(21)15(17)11-22/h2-7,10,23H,8-9H2,1H3,(H,24,28). The zero-order valence-electron chi connectivity index (χ0n) is 14.9. The van der Waals surface area contributed by atoms with E-state index in [-0.39, 0.29) is 23.7 Å². The Balaban J connectivity index is 1.61. The Kier molecular flexibility index (Phi) is 5.87. The molecule has 0 spiro atoms. The van der Waals surface area contributed by atoms with Gasteiger partial charge in [0.2, 0.25) is 0 Å². The fraction of sp³-hybridized carbons (Fsp3) is 0.158. The van der Waals surface area contributed by atoms with Crippen molar-refractivity contribution in [1.29, 1.82) is 5.26 Å². The Morgan fingerprint density at radius 1 is 1.29 bits per heavy atom. The largest absolute Gasteiger partial charge is 0.382 e. The zero-order valence-corrected chi connectivity index (χ0v) is 15.7. The highest BCUT2D eigenvalue weighted by molar-refractivity contribution is 6.30. The van der Waals surface area contributed by atoms with E-state index in [0.29, 0.717) is 28.6 Å². The van der Waals surface area contributed by atoms with Crippen LogP contribution in [0.1, 0.15) is 21.7 Å². The zero-order chi connectivity index (χ0) is 20.1. The molecule has 2 N–H and O–H groups in total. The van der Waals surface area contributed by atoms with Crippen molar-refractivity contribution in [2.75, 3.05) is 18.4 Å². The molecule has 1 heterocycles. The predicted molar refractivity (Wildman–Crippen MR) is 103 cm³/mol. The number of carbonyl (C=O) groups excluding carboxylic acids is 1. The van der Waals surface area contributed by atoms with Gasteiger partial charge in [-0.15, -0.1) is 5.10 Å². The topological polar surface area (TPSA) is 95.6 Å². The van der Waals surface area contributed by atoms with Gasteiger partial charge in [-0.05, 0) is 37.3 Å². The Bertz CT molecular complexity index is 1060. The number of halogens is 2. The van der Waals surface area contributed by atoms with Crippen LogP contribution in [0, 0.1) is 24.1 Å². The number of carbonyl (C=O) groups is 1. The van der Waals surface area contributed by atoms with Crippen LogP contribution < -0.4 is 10.6 Å². The molecule has 0 saturated heterocycles. The first-order chi connectivity index (χ1) is 13.5. The predicted octanol–water partition coefficient (Wildman–Crippen LogP) is 3.08. The lowest BCUT2D eigenvalue weighted by atomic mass is 10.2. The van der Waals surface area contributed by atoms with E-state index in [1.807, 2.05) is 12.1 Å². The summed E-state index contributed by atoms with van der Waals surface area (Å²) in [5.74, 6) is -0.975. The van der Waals surface area contributed by atoms with Crippen LogP contribution in [0.25, 0.3) is 5.69 Å². The van der Waals surface area contributed by atoms with Crippen molar-refractivity contribution in [2.45, 2.75) is 6.92 Å². The lowest BCUT2D eigenvalue weighted by molar-refractivity contribution is 0.0949. The summed E-state index contributed by atoms with van der Waals surface area (Å²) >= 11 is 5.99. The fourth-order valence-electron chi connectivity index (χ4n) is 2.63. The summed E-state index contributed by atoms with van der Waals surface area (Å²) in [5.41, 5.74) is 1.79. The summed E-state index contributed by atoms with van der Waals surface area (Å²) in [7, 11) is 0. The fourth-order valence-corrected chi connectivity index (χ4v) is 2.82. The van der Waals surface area contributed by atoms with Gasteiger partial charge in [0, 0.05) is 18.1 Å². The number of benzene rings is 2. The summed E-state index contributed by atoms with van der Waals surface area (Å²) in [6.07, 6.45) is 0. The second-order valence-electron chi connectivity index (χ2n) is 5.87. The molecular formula is C19H16ClFN6O. The highest BCUT2D eigenvalue weighted by atomic mass is 35.5. The van der Waals surface area contributed by atoms with Crippen LogP contribution in [0.15, 0.2) is 42.5 Å². The maximum absolute atomic E-state index is 13.6. The average molecular weight is 399 g/mol. The molecule has 2 aromatic carbocycles. The lowest BCUT2D eigenvalue weighted by Crippen LogP contribution is -2.29. The molecule has 3 aromatic rings. The first-order valence-corrected chi connectivity index (χ1v) is 8.78. The molecule has 1 aromatic heterocycles. The van der Waals surface area contributed by atoms with Crippen molar-refractivity contribution < 1.29 is 9.18 Å². The molecule has 28 heavy (non-hydrogen) atoms. The van der Waals surface area contributed by atoms with E-state index in [1.54, 1.807) is 31.2 Å². The van der Waals surface area contributed by atoms with Gasteiger partial charge in [0.25, 0.3) is 5.91 Å². The molecule has 0 saturated carbocycles. The van der Waals surface area contributed by atoms with Crippen LogP contribution in [0.4, 0.5) is 10.1 Å². The maximum atomic E-state index is 13.6. The van der Waals surface area contributed by atoms with Gasteiger partial charge in [-0.2, -0.15) is 5.26 Å². The average Bonchev–Trinajstić information content (AvgIpc) is 3.06. The van der Waals surface area contributed by atoms with Gasteiger partial charge < -0.3 is 10.6 Å². The van der Waals surface area contributed by atoms with Crippen molar-refractivity contribution in [3.05, 3.63) is 70.3 Å². The molecule has 0 aliphatic rings. The van der Waals surface area contributed by atoms with E-state index in [9.17, 15) is 9.18 Å². The molecular weight excluding hydrogens is 383 g/mol. The molecule has 0 bridgehead atoms. The monoisotopic (exact) mass is 398 g/mol. The third-order valence-corrected chi connectivity index (χ3v) is 4.25. The SMILES string of the molecule is Cc1c(C(=O)NCCNc2cccc(F)c2C#N)nnn1-c1cccc(Cl)c1. The summed E-state index contributed by atoms with van der Waals surface area (Å²) in [6.45, 7) is 2.30. The van der Waals surface area contributed by atoms with Gasteiger partial charge in [0.15, 0.2) is 5.69 Å². The van der Waals surface area contributed by atoms with Crippen LogP contribution in [0.3, 0.4) is 0 Å². The minimum Gasteiger partial charge on any atom is -0.382 e. The Hall–Kier alpha value is -3.44. The molecule has 9 heteroatoms. The van der Waals surface area contributed by atoms with E-state index in [2.05, 4.69) is 20.9 Å². The van der Waals surface area contributed by atoms with E-state index < -0.39 is 5.82 Å². The van der Waals surface area contributed by atoms with Crippen LogP contribution in [0.5, 0.6) is 0 Å². The highest BCUT2D eigenvalue weighted by Crippen LogP contribution is 2.18. The summed E-state index contributed by atoms with van der Waals surface area (Å²) in [5, 5.41) is 23.2. The van der Waals surface area contributed by atoms with Crippen molar-refractivity contribution in [3.8, 4) is 11.8 Å². The highest BCUT2D eigenvalue weighted by Gasteiger charge is 2.17. The quantitative estimate of drug-likeness (QED) is 0.622. The molecule has 0 radical (unpaired) electrons. The van der Waals surface area contributed by atoms with Gasteiger partial charge in [-0.3, -0.25) is 4.79 Å². The first-order valence-electron chi connectivity index (χ1n) is 8.40. The number of nitriles is 1. The van der Waals surface area contributed by atoms with Crippen LogP contribution in [0.2, 0.25) is 5.02 Å². The molecule has 0 fully saturated rings. The second kappa shape index (κ2) is 8.50. The number of anilines is 1. The normalized spacial score (nSPS) is 10.4. The Morgan fingerprint density at radius 3 is 2.82 bits per heavy atom. The van der Waals surface area contributed by atoms with Crippen LogP contribution in [-0.2, 0) is 0 Å². The number of hydrogen-bond acceptors (Lipinski definition) is 5. The van der Waals surface area contributed by atoms with Crippen molar-refractivity contribution >= 4 is 23.2 Å². The van der Waals surface area contributed by atoms with Gasteiger partial charge in [-0.1, -0.05) is 28.9 Å². The minimum atomic E-state index is -0.593. The number of amides is 1. The summed E-state index contributed by atoms with van der Waals surface area (Å²) in [4.78, 5) is 12.4. The molecule has 7 nitrogen and oxygen atoms in total. The van der Waals surface area contributed by atoms with Crippen LogP contribution in [-0.4, -0.2) is 34.0 Å². The Morgan fingerprint density at radius 2 is 2.07 bits per heavy atom. The molecule has 0 aliphatic heterocycles. The molecule has 3 rings (SSSR count). The number of aromatic nitrogens is 3. The van der Waals surface area contributed by atoms with Gasteiger partial charge in [-0.25, -0.2) is 9.07 Å². The number of nitrogens with one attached hydrogen (secondary N) is 2. The number of nitrogens with zero attached hydrogens (tertiary/aromatic N) is 4. The number of hydrogen-bond donors (Lipinski definition) is 2. The number of rotatable bonds is 6. The molecule has 0 unspecified atom stereocenters. The Labute approximate surface area is 165 Å². The van der Waals surface area contributed by atoms with Gasteiger partial charge >= 0.3 is 0 Å². The maximum Gasteiger partial charge on any atom is 0.273 e. The van der Waals surface area contributed by atoms with Crippen LogP contribution >= 0.6 is 11.6 Å². The minimum absolute atomic E-state index is 0.0610.